The second-order valence-corrected chi connectivity index (χ2v) is 15.8. The van der Waals surface area contributed by atoms with Crippen LogP contribution in [-0.4, -0.2) is 134 Å². The molecule has 1 aliphatic rings. The lowest BCUT2D eigenvalue weighted by molar-refractivity contribution is -0.447. The maximum Gasteiger partial charge on any atom is 0.384 e. The van der Waals surface area contributed by atoms with Crippen molar-refractivity contribution in [3.8, 4) is 0 Å². The van der Waals surface area contributed by atoms with Crippen LogP contribution in [0.2, 0.25) is 0 Å². The molecule has 72 heavy (non-hydrogen) atoms. The summed E-state index contributed by atoms with van der Waals surface area (Å²) >= 11 is 0. The zero-order chi connectivity index (χ0) is 58.1. The second-order valence-electron chi connectivity index (χ2n) is 15.8. The van der Waals surface area contributed by atoms with E-state index < -0.39 is 134 Å². The molecule has 2 N–H and O–H groups in total. The predicted octanol–water partition coefficient (Wildman–Crippen LogP) is 12.6. The van der Waals surface area contributed by atoms with Crippen LogP contribution in [0.4, 0.5) is 123 Å². The van der Waals surface area contributed by atoms with Crippen LogP contribution in [0.15, 0.2) is 0 Å². The van der Waals surface area contributed by atoms with Crippen molar-refractivity contribution in [1.82, 2.24) is 10.6 Å². The summed E-state index contributed by atoms with van der Waals surface area (Å²) in [6.45, 7) is 7.02. The van der Waals surface area contributed by atoms with Crippen LogP contribution < -0.4 is 10.6 Å². The summed E-state index contributed by atoms with van der Waals surface area (Å²) in [5.74, 6) is -94.1. The number of carbonyl (C=O) groups is 3. The molecular weight excluding hydrogens is 1080 g/mol. The van der Waals surface area contributed by atoms with Gasteiger partial charge < -0.3 is 20.1 Å². The number of rotatable bonds is 27. The van der Waals surface area contributed by atoms with Crippen LogP contribution in [0.1, 0.15) is 80.1 Å². The van der Waals surface area contributed by atoms with Crippen LogP contribution in [0.3, 0.4) is 0 Å². The molecule has 1 rings (SSSR count). The average molecular weight is 1130 g/mol. The monoisotopic (exact) mass is 1130 g/mol. The van der Waals surface area contributed by atoms with E-state index >= 15 is 0 Å². The van der Waals surface area contributed by atoms with Gasteiger partial charge in [0.25, 0.3) is 0 Å². The zero-order valence-electron chi connectivity index (χ0n) is 37.7. The Hall–Kier alpha value is -3.59. The lowest BCUT2D eigenvalue weighted by Gasteiger charge is -2.42. The lowest BCUT2D eigenvalue weighted by atomic mass is 9.88. The number of carbonyl (C=O) groups excluding carboxylic acids is 3. The fourth-order valence-corrected chi connectivity index (χ4v) is 4.49. The Bertz CT molecular complexity index is 1730. The second kappa shape index (κ2) is 24.8. The molecule has 0 spiro atoms. The molecule has 0 aromatic rings. The number of nitrogens with one attached hydrogen (secondary N) is 2. The largest absolute Gasteiger partial charge is 0.459 e. The molecule has 430 valence electrons. The first-order valence-corrected chi connectivity index (χ1v) is 20.3. The molecule has 0 aromatic heterocycles. The van der Waals surface area contributed by atoms with Gasteiger partial charge in [-0.25, -0.2) is 17.6 Å². The molecule has 1 heterocycles. The number of epoxide rings is 1. The molecule has 0 radical (unpaired) electrons. The number of alkyl halides is 28. The minimum atomic E-state index is -8.39. The number of esters is 1. The van der Waals surface area contributed by atoms with E-state index in [0.29, 0.717) is 6.10 Å². The summed E-state index contributed by atoms with van der Waals surface area (Å²) in [7, 11) is 0. The summed E-state index contributed by atoms with van der Waals surface area (Å²) in [4.78, 5) is 33.7. The van der Waals surface area contributed by atoms with Gasteiger partial charge in [0.1, 0.15) is 0 Å². The van der Waals surface area contributed by atoms with Gasteiger partial charge in [-0.2, -0.15) is 105 Å². The van der Waals surface area contributed by atoms with Crippen molar-refractivity contribution in [3.63, 3.8) is 0 Å². The van der Waals surface area contributed by atoms with Crippen LogP contribution >= 0.6 is 0 Å². The Morgan fingerprint density at radius 2 is 0.792 bits per heavy atom. The molecule has 0 aromatic carbocycles. The Balaban J connectivity index is 0. The lowest BCUT2D eigenvalue weighted by Crippen LogP contribution is -2.73. The summed E-state index contributed by atoms with van der Waals surface area (Å²) < 4.78 is 374. The van der Waals surface area contributed by atoms with Gasteiger partial charge in [0.2, 0.25) is 11.8 Å². The molecular formula is C37H46F28N2O5. The predicted molar refractivity (Wildman–Crippen MR) is 190 cm³/mol. The van der Waals surface area contributed by atoms with Crippen LogP contribution in [0.5, 0.6) is 0 Å². The molecule has 7 nitrogen and oxygen atoms in total. The van der Waals surface area contributed by atoms with Gasteiger partial charge in [-0.3, -0.25) is 14.4 Å². The number of amides is 2. The maximum absolute atomic E-state index is 13.6. The van der Waals surface area contributed by atoms with Crippen molar-refractivity contribution < 1.29 is 147 Å². The minimum absolute atomic E-state index is 0.0599. The number of hydrogen-bond donors (Lipinski definition) is 2. The zero-order valence-corrected chi connectivity index (χ0v) is 37.7. The molecule has 2 amide bonds. The standard InChI is InChI=1S/C16H17F16NO.C12H12F12O2.C9H17NO2/c1-3-7(2)8(34)33-6-4-5-10(19,20)12(23,24)14(27,28)16(31,32)15(29,30)13(25,26)11(21,22)9(17)18;1-3-5(2)6(25)26-4-8(15,16)10(19,20)12(23,24)11(21,22)9(17,18)7(13)14;1-3-7(2)9(11)10-5-4-8-6-12-8/h7,9H,3-6H2,1-2H3,(H,33,34);5,7H,3-4H2,1-2H3;7-8H,3-6H2,1-2H3,(H,10,11). The van der Waals surface area contributed by atoms with Gasteiger partial charge in [-0.15, -0.1) is 0 Å². The van der Waals surface area contributed by atoms with Crippen molar-refractivity contribution in [2.75, 3.05) is 26.3 Å². The van der Waals surface area contributed by atoms with Gasteiger partial charge in [-0.1, -0.05) is 41.5 Å². The van der Waals surface area contributed by atoms with E-state index in [1.54, 1.807) is 0 Å². The van der Waals surface area contributed by atoms with E-state index in [4.69, 9.17) is 4.74 Å². The summed E-state index contributed by atoms with van der Waals surface area (Å²) in [6.07, 6.45) is -12.8. The van der Waals surface area contributed by atoms with Gasteiger partial charge >= 0.3 is 89.9 Å². The number of ether oxygens (including phenoxy) is 2. The molecule has 4 atom stereocenters. The van der Waals surface area contributed by atoms with Crippen LogP contribution in [-0.2, 0) is 23.9 Å². The first-order chi connectivity index (χ1) is 31.9. The highest BCUT2D eigenvalue weighted by Crippen LogP contribution is 2.63. The quantitative estimate of drug-likeness (QED) is 0.0370. The third-order valence-corrected chi connectivity index (χ3v) is 10.3. The van der Waals surface area contributed by atoms with E-state index in [1.165, 1.54) is 20.8 Å². The summed E-state index contributed by atoms with van der Waals surface area (Å²) in [5.41, 5.74) is 0. The SMILES string of the molecule is CCC(C)C(=O)NCCC1CO1.CCC(C)C(=O)NCCCC(F)(F)C(F)(F)C(F)(F)C(F)(F)C(F)(F)C(F)(F)C(F)(F)C(F)F.CCC(C)C(=O)OCC(F)(F)C(F)(F)C(F)(F)C(F)(F)C(F)(F)C(F)F. The van der Waals surface area contributed by atoms with Gasteiger partial charge in [0.15, 0.2) is 6.61 Å². The van der Waals surface area contributed by atoms with Crippen molar-refractivity contribution in [1.29, 1.82) is 0 Å². The van der Waals surface area contributed by atoms with Crippen molar-refractivity contribution in [2.24, 2.45) is 17.8 Å². The molecule has 4 unspecified atom stereocenters. The first kappa shape index (κ1) is 70.5. The van der Waals surface area contributed by atoms with E-state index in [9.17, 15) is 137 Å². The van der Waals surface area contributed by atoms with Crippen molar-refractivity contribution in [2.45, 2.75) is 170 Å². The Morgan fingerprint density at radius 1 is 0.486 bits per heavy atom. The van der Waals surface area contributed by atoms with Gasteiger partial charge in [0.05, 0.1) is 18.6 Å². The fraction of sp³-hybridized carbons (Fsp3) is 0.919. The molecule has 0 saturated carbocycles. The third kappa shape index (κ3) is 14.6. The topological polar surface area (TPSA) is 97.0 Å². The van der Waals surface area contributed by atoms with Crippen molar-refractivity contribution >= 4 is 17.8 Å². The highest BCUT2D eigenvalue weighted by Gasteiger charge is 2.93. The normalized spacial score (nSPS) is 17.2. The fourth-order valence-electron chi connectivity index (χ4n) is 4.49. The van der Waals surface area contributed by atoms with E-state index in [-0.39, 0.29) is 24.7 Å². The number of halogens is 28. The van der Waals surface area contributed by atoms with Gasteiger partial charge in [-0.05, 0) is 32.1 Å². The Kier molecular flexibility index (Phi) is 24.3. The number of hydrogen-bond acceptors (Lipinski definition) is 5. The molecule has 35 heteroatoms. The smallest absolute Gasteiger partial charge is 0.384 e. The highest BCUT2D eigenvalue weighted by atomic mass is 19.4. The average Bonchev–Trinajstić information content (AvgIpc) is 4.10. The molecule has 1 aliphatic heterocycles. The van der Waals surface area contributed by atoms with E-state index in [0.717, 1.165) is 32.9 Å². The summed E-state index contributed by atoms with van der Waals surface area (Å²) in [5, 5.41) is 4.76. The Morgan fingerprint density at radius 3 is 1.12 bits per heavy atom. The highest BCUT2D eigenvalue weighted by molar-refractivity contribution is 5.78. The molecule has 0 aliphatic carbocycles. The molecule has 1 saturated heterocycles. The van der Waals surface area contributed by atoms with Crippen LogP contribution in [0.25, 0.3) is 0 Å². The van der Waals surface area contributed by atoms with Crippen molar-refractivity contribution in [3.05, 3.63) is 0 Å². The van der Waals surface area contributed by atoms with Gasteiger partial charge in [0, 0.05) is 31.3 Å². The summed E-state index contributed by atoms with van der Waals surface area (Å²) in [6, 6.07) is 0. The Labute approximate surface area is 389 Å². The van der Waals surface area contributed by atoms with Crippen LogP contribution in [0, 0.1) is 17.8 Å². The maximum atomic E-state index is 13.6. The molecule has 0 bridgehead atoms. The van der Waals surface area contributed by atoms with E-state index in [1.807, 2.05) is 19.2 Å². The third-order valence-electron chi connectivity index (χ3n) is 10.3. The minimum Gasteiger partial charge on any atom is -0.459 e. The molecule has 1 fully saturated rings. The van der Waals surface area contributed by atoms with E-state index in [2.05, 4.69) is 10.1 Å². The first-order valence-electron chi connectivity index (χ1n) is 20.3.